The average Bonchev–Trinajstić information content (AvgIpc) is 3.46. The number of amides is 2. The molecule has 3 N–H and O–H groups in total. The molecule has 2 amide bonds. The lowest BCUT2D eigenvalue weighted by atomic mass is 10.0. The summed E-state index contributed by atoms with van der Waals surface area (Å²) in [6.45, 7) is 17.2. The van der Waals surface area contributed by atoms with E-state index < -0.39 is 11.5 Å². The number of primary amides is 1. The molecule has 3 saturated heterocycles. The second-order valence-electron chi connectivity index (χ2n) is 13.5. The zero-order chi connectivity index (χ0) is 32.3. The fourth-order valence-corrected chi connectivity index (χ4v) is 6.40. The second-order valence-corrected chi connectivity index (χ2v) is 13.5. The quantitative estimate of drug-likeness (QED) is 0.449. The predicted octanol–water partition coefficient (Wildman–Crippen LogP) is 3.79. The molecule has 3 aliphatic rings. The van der Waals surface area contributed by atoms with E-state index in [1.165, 1.54) is 18.5 Å². The van der Waals surface area contributed by atoms with Crippen molar-refractivity contribution in [3.8, 4) is 5.88 Å². The van der Waals surface area contributed by atoms with E-state index >= 15 is 0 Å². The average molecular weight is 623 g/mol. The van der Waals surface area contributed by atoms with E-state index in [1.807, 2.05) is 33.8 Å². The maximum Gasteiger partial charge on any atom is 0.410 e. The molecule has 246 valence electrons. The fourth-order valence-electron chi connectivity index (χ4n) is 6.40. The van der Waals surface area contributed by atoms with Gasteiger partial charge in [0.25, 0.3) is 5.91 Å². The van der Waals surface area contributed by atoms with Gasteiger partial charge in [-0.1, -0.05) is 6.92 Å². The van der Waals surface area contributed by atoms with Crippen molar-refractivity contribution in [1.29, 1.82) is 0 Å². The number of ether oxygens (including phenoxy) is 2. The van der Waals surface area contributed by atoms with E-state index in [1.54, 1.807) is 4.90 Å². The Labute approximate surface area is 267 Å². The molecular weight excluding hydrogens is 572 g/mol. The van der Waals surface area contributed by atoms with Gasteiger partial charge < -0.3 is 35.2 Å². The van der Waals surface area contributed by atoms with E-state index in [0.717, 1.165) is 50.5 Å². The van der Waals surface area contributed by atoms with Crippen molar-refractivity contribution in [2.75, 3.05) is 69.6 Å². The second kappa shape index (κ2) is 13.8. The van der Waals surface area contributed by atoms with Gasteiger partial charge in [0.2, 0.25) is 5.88 Å². The Hall–Kier alpha value is -3.64. The molecule has 1 aromatic carbocycles. The third-order valence-electron chi connectivity index (χ3n) is 8.89. The molecule has 0 saturated carbocycles. The highest BCUT2D eigenvalue weighted by atomic mass is 16.6. The van der Waals surface area contributed by atoms with Gasteiger partial charge >= 0.3 is 6.09 Å². The predicted molar refractivity (Wildman–Crippen MR) is 176 cm³/mol. The molecule has 0 unspecified atom stereocenters. The Morgan fingerprint density at radius 3 is 2.36 bits per heavy atom. The van der Waals surface area contributed by atoms with Gasteiger partial charge in [0.1, 0.15) is 17.4 Å². The Bertz CT molecular complexity index is 1360. The number of aromatic nitrogens is 2. The number of likely N-dealkylation sites (N-methyl/N-ethyl adjacent to an activating group) is 1. The van der Waals surface area contributed by atoms with Crippen molar-refractivity contribution >= 4 is 29.2 Å². The lowest BCUT2D eigenvalue weighted by Gasteiger charge is -2.43. The SMILES string of the molecule is CCc1nc(C(N)=O)c(Nc2ccc(N3CCC(N4CCN(C)CC4)CC3)c(C)c2)nc1O[C@@H]1CCN(C(=O)OC(C)(C)C)C1. The summed E-state index contributed by atoms with van der Waals surface area (Å²) in [5.41, 5.74) is 8.92. The van der Waals surface area contributed by atoms with Crippen LogP contribution in [0.25, 0.3) is 0 Å². The van der Waals surface area contributed by atoms with Crippen molar-refractivity contribution in [2.45, 2.75) is 78.0 Å². The van der Waals surface area contributed by atoms with Crippen molar-refractivity contribution < 1.29 is 19.1 Å². The van der Waals surface area contributed by atoms with Gasteiger partial charge in [0.05, 0.1) is 6.54 Å². The van der Waals surface area contributed by atoms with Gasteiger partial charge in [-0.15, -0.1) is 0 Å². The summed E-state index contributed by atoms with van der Waals surface area (Å²) in [6, 6.07) is 6.87. The number of rotatable bonds is 8. The largest absolute Gasteiger partial charge is 0.471 e. The van der Waals surface area contributed by atoms with Crippen LogP contribution in [0.2, 0.25) is 0 Å². The van der Waals surface area contributed by atoms with Crippen LogP contribution in [0.15, 0.2) is 18.2 Å². The minimum atomic E-state index is -0.667. The first-order valence-electron chi connectivity index (χ1n) is 16.3. The lowest BCUT2D eigenvalue weighted by Crippen LogP contribution is -2.52. The molecule has 0 aliphatic carbocycles. The molecule has 1 atom stereocenters. The van der Waals surface area contributed by atoms with Crippen LogP contribution in [0.3, 0.4) is 0 Å². The van der Waals surface area contributed by atoms with Crippen molar-refractivity contribution in [2.24, 2.45) is 5.73 Å². The molecule has 3 aliphatic heterocycles. The molecule has 2 aromatic rings. The zero-order valence-corrected chi connectivity index (χ0v) is 27.8. The summed E-state index contributed by atoms with van der Waals surface area (Å²) >= 11 is 0. The number of anilines is 3. The molecule has 3 fully saturated rings. The Kier molecular flexibility index (Phi) is 10.0. The molecule has 0 spiro atoms. The fraction of sp³-hybridized carbons (Fsp3) is 0.636. The first-order valence-corrected chi connectivity index (χ1v) is 16.3. The number of piperidine rings is 1. The van der Waals surface area contributed by atoms with Crippen LogP contribution < -0.4 is 20.7 Å². The van der Waals surface area contributed by atoms with Crippen molar-refractivity contribution in [1.82, 2.24) is 24.7 Å². The molecule has 0 bridgehead atoms. The van der Waals surface area contributed by atoms with Gasteiger partial charge in [-0.25, -0.2) is 9.78 Å². The highest BCUT2D eigenvalue weighted by Gasteiger charge is 2.32. The van der Waals surface area contributed by atoms with Gasteiger partial charge in [0.15, 0.2) is 11.5 Å². The van der Waals surface area contributed by atoms with Gasteiger partial charge in [-0.3, -0.25) is 9.69 Å². The highest BCUT2D eigenvalue weighted by molar-refractivity contribution is 5.96. The first kappa shape index (κ1) is 32.7. The van der Waals surface area contributed by atoms with Gasteiger partial charge in [-0.05, 0) is 77.8 Å². The Morgan fingerprint density at radius 1 is 1.02 bits per heavy atom. The number of aryl methyl sites for hydroxylation is 2. The summed E-state index contributed by atoms with van der Waals surface area (Å²) in [4.78, 5) is 43.4. The van der Waals surface area contributed by atoms with E-state index in [2.05, 4.69) is 51.1 Å². The minimum absolute atomic E-state index is 0.0636. The standard InChI is InChI=1S/C33H50N8O4/c1-7-26-31(44-25-12-15-41(21-25)32(43)45-33(3,4)5)37-30(28(36-26)29(34)42)35-23-8-9-27(22(2)20-23)40-13-10-24(11-14-40)39-18-16-38(6)17-19-39/h8-9,20,24-25H,7,10-19,21H2,1-6H3,(H2,34,42)(H,35,37)/t25-/m1/s1. The third-order valence-corrected chi connectivity index (χ3v) is 8.89. The topological polar surface area (TPSA) is 129 Å². The summed E-state index contributed by atoms with van der Waals surface area (Å²) in [5, 5.41) is 3.28. The van der Waals surface area contributed by atoms with E-state index in [0.29, 0.717) is 43.5 Å². The summed E-state index contributed by atoms with van der Waals surface area (Å²) in [5.74, 6) is -0.0887. The number of hydrogen-bond donors (Lipinski definition) is 2. The molecule has 0 radical (unpaired) electrons. The van der Waals surface area contributed by atoms with Crippen LogP contribution in [-0.4, -0.2) is 114 Å². The van der Waals surface area contributed by atoms with E-state index in [-0.39, 0.29) is 23.7 Å². The van der Waals surface area contributed by atoms with Crippen LogP contribution in [0.5, 0.6) is 5.88 Å². The number of hydrogen-bond acceptors (Lipinski definition) is 10. The summed E-state index contributed by atoms with van der Waals surface area (Å²) in [7, 11) is 2.20. The molecular formula is C33H50N8O4. The monoisotopic (exact) mass is 622 g/mol. The highest BCUT2D eigenvalue weighted by Crippen LogP contribution is 2.31. The summed E-state index contributed by atoms with van der Waals surface area (Å²) < 4.78 is 11.8. The number of carbonyl (C=O) groups excluding carboxylic acids is 2. The minimum Gasteiger partial charge on any atom is -0.471 e. The van der Waals surface area contributed by atoms with Crippen molar-refractivity contribution in [3.63, 3.8) is 0 Å². The maximum atomic E-state index is 12.6. The van der Waals surface area contributed by atoms with Crippen LogP contribution in [-0.2, 0) is 11.2 Å². The summed E-state index contributed by atoms with van der Waals surface area (Å²) in [6.07, 6.45) is 2.85. The first-order chi connectivity index (χ1) is 21.4. The maximum absolute atomic E-state index is 12.6. The molecule has 12 nitrogen and oxygen atoms in total. The molecule has 5 rings (SSSR count). The molecule has 45 heavy (non-hydrogen) atoms. The van der Waals surface area contributed by atoms with Gasteiger partial charge in [-0.2, -0.15) is 4.98 Å². The number of benzene rings is 1. The molecule has 4 heterocycles. The zero-order valence-electron chi connectivity index (χ0n) is 27.8. The number of nitrogens with one attached hydrogen (secondary N) is 1. The van der Waals surface area contributed by atoms with E-state index in [4.69, 9.17) is 20.2 Å². The Morgan fingerprint density at radius 2 is 1.73 bits per heavy atom. The van der Waals surface area contributed by atoms with Gasteiger partial charge in [0, 0.05) is 69.7 Å². The number of piperazine rings is 1. The number of nitrogens with zero attached hydrogens (tertiary/aromatic N) is 6. The Balaban J connectivity index is 1.26. The third kappa shape index (κ3) is 8.15. The number of nitrogens with two attached hydrogens (primary N) is 1. The van der Waals surface area contributed by atoms with Crippen LogP contribution in [0.1, 0.15) is 68.7 Å². The van der Waals surface area contributed by atoms with Crippen molar-refractivity contribution in [3.05, 3.63) is 35.2 Å². The number of carbonyl (C=O) groups is 2. The molecule has 1 aromatic heterocycles. The normalized spacial score (nSPS) is 20.4. The lowest BCUT2D eigenvalue weighted by molar-refractivity contribution is 0.0274. The van der Waals surface area contributed by atoms with Crippen LogP contribution in [0, 0.1) is 6.92 Å². The van der Waals surface area contributed by atoms with Crippen LogP contribution >= 0.6 is 0 Å². The van der Waals surface area contributed by atoms with E-state index in [9.17, 15) is 9.59 Å². The molecule has 12 heteroatoms. The number of likely N-dealkylation sites (tertiary alicyclic amines) is 1. The van der Waals surface area contributed by atoms with Crippen LogP contribution in [0.4, 0.5) is 22.0 Å². The smallest absolute Gasteiger partial charge is 0.410 e.